The van der Waals surface area contributed by atoms with Gasteiger partial charge in [0.15, 0.2) is 0 Å². The minimum Gasteiger partial charge on any atom is -0.497 e. The molecule has 1 saturated heterocycles. The van der Waals surface area contributed by atoms with Gasteiger partial charge < -0.3 is 19.5 Å². The van der Waals surface area contributed by atoms with Crippen molar-refractivity contribution in [3.05, 3.63) is 59.7 Å². The number of ether oxygens (including phenoxy) is 3. The van der Waals surface area contributed by atoms with Crippen LogP contribution in [0.25, 0.3) is 0 Å². The topological polar surface area (TPSA) is 60.0 Å². The second-order valence-corrected chi connectivity index (χ2v) is 7.00. The SMILES string of the molecule is CCOc1ccc(C(CNC(=O)Cc2ccc(OC)cc2)N2CCOCC2)cc1. The first-order valence-corrected chi connectivity index (χ1v) is 10.1. The van der Waals surface area contributed by atoms with E-state index in [0.717, 1.165) is 30.2 Å². The number of hydrogen-bond acceptors (Lipinski definition) is 5. The standard InChI is InChI=1S/C23H30N2O4/c1-3-29-21-10-6-19(7-11-21)22(25-12-14-28-15-13-25)17-24-23(26)16-18-4-8-20(27-2)9-5-18/h4-11,22H,3,12-17H2,1-2H3,(H,24,26). The Bertz CT molecular complexity index is 755. The van der Waals surface area contributed by atoms with E-state index in [9.17, 15) is 4.79 Å². The highest BCUT2D eigenvalue weighted by Crippen LogP contribution is 2.24. The number of benzene rings is 2. The van der Waals surface area contributed by atoms with Gasteiger partial charge in [-0.3, -0.25) is 9.69 Å². The van der Waals surface area contributed by atoms with Crippen LogP contribution < -0.4 is 14.8 Å². The summed E-state index contributed by atoms with van der Waals surface area (Å²) in [4.78, 5) is 14.9. The summed E-state index contributed by atoms with van der Waals surface area (Å²) in [6.45, 7) is 6.32. The molecule has 0 radical (unpaired) electrons. The van der Waals surface area contributed by atoms with Gasteiger partial charge in [0.2, 0.25) is 5.91 Å². The summed E-state index contributed by atoms with van der Waals surface area (Å²) < 4.78 is 16.2. The lowest BCUT2D eigenvalue weighted by atomic mass is 10.0. The van der Waals surface area contributed by atoms with Gasteiger partial charge >= 0.3 is 0 Å². The first kappa shape index (κ1) is 21.1. The average molecular weight is 399 g/mol. The van der Waals surface area contributed by atoms with E-state index in [2.05, 4.69) is 22.3 Å². The van der Waals surface area contributed by atoms with Crippen molar-refractivity contribution < 1.29 is 19.0 Å². The van der Waals surface area contributed by atoms with Crippen LogP contribution in [-0.4, -0.2) is 57.4 Å². The number of carbonyl (C=O) groups is 1. The molecule has 6 nitrogen and oxygen atoms in total. The van der Waals surface area contributed by atoms with Gasteiger partial charge in [0.25, 0.3) is 0 Å². The largest absolute Gasteiger partial charge is 0.497 e. The second kappa shape index (κ2) is 10.8. The molecule has 0 bridgehead atoms. The minimum absolute atomic E-state index is 0.0133. The third kappa shape index (κ3) is 6.21. The molecule has 0 spiro atoms. The fourth-order valence-corrected chi connectivity index (χ4v) is 3.50. The van der Waals surface area contributed by atoms with Gasteiger partial charge in [-0.15, -0.1) is 0 Å². The van der Waals surface area contributed by atoms with Gasteiger partial charge in [-0.2, -0.15) is 0 Å². The van der Waals surface area contributed by atoms with E-state index in [1.165, 1.54) is 5.56 Å². The fourth-order valence-electron chi connectivity index (χ4n) is 3.50. The summed E-state index contributed by atoms with van der Waals surface area (Å²) in [6, 6.07) is 15.8. The van der Waals surface area contributed by atoms with Crippen LogP contribution in [0.15, 0.2) is 48.5 Å². The van der Waals surface area contributed by atoms with Crippen molar-refractivity contribution in [2.24, 2.45) is 0 Å². The number of nitrogens with one attached hydrogen (secondary N) is 1. The molecule has 156 valence electrons. The van der Waals surface area contributed by atoms with E-state index in [4.69, 9.17) is 14.2 Å². The molecule has 3 rings (SSSR count). The highest BCUT2D eigenvalue weighted by Gasteiger charge is 2.23. The molecule has 0 saturated carbocycles. The number of rotatable bonds is 9. The van der Waals surface area contributed by atoms with Crippen molar-refractivity contribution in [1.29, 1.82) is 0 Å². The summed E-state index contributed by atoms with van der Waals surface area (Å²) in [5, 5.41) is 3.11. The molecule has 1 aliphatic rings. The first-order valence-electron chi connectivity index (χ1n) is 10.1. The highest BCUT2D eigenvalue weighted by atomic mass is 16.5. The molecule has 1 amide bonds. The second-order valence-electron chi connectivity index (χ2n) is 7.00. The zero-order valence-corrected chi connectivity index (χ0v) is 17.2. The van der Waals surface area contributed by atoms with Crippen molar-refractivity contribution in [2.75, 3.05) is 46.6 Å². The molecule has 2 aromatic rings. The van der Waals surface area contributed by atoms with Crippen molar-refractivity contribution in [3.63, 3.8) is 0 Å². The summed E-state index contributed by atoms with van der Waals surface area (Å²) in [7, 11) is 1.63. The van der Waals surface area contributed by atoms with E-state index in [1.807, 2.05) is 43.3 Å². The summed E-state index contributed by atoms with van der Waals surface area (Å²) >= 11 is 0. The van der Waals surface area contributed by atoms with Gasteiger partial charge in [-0.1, -0.05) is 24.3 Å². The molecular weight excluding hydrogens is 368 g/mol. The third-order valence-corrected chi connectivity index (χ3v) is 5.08. The van der Waals surface area contributed by atoms with Crippen LogP contribution in [-0.2, 0) is 16.0 Å². The zero-order chi connectivity index (χ0) is 20.5. The van der Waals surface area contributed by atoms with Gasteiger partial charge in [-0.05, 0) is 42.3 Å². The average Bonchev–Trinajstić information content (AvgIpc) is 2.76. The van der Waals surface area contributed by atoms with E-state index >= 15 is 0 Å². The summed E-state index contributed by atoms with van der Waals surface area (Å²) in [6.07, 6.45) is 0.350. The maximum absolute atomic E-state index is 12.5. The Balaban J connectivity index is 1.63. The minimum atomic E-state index is 0.0133. The molecule has 1 heterocycles. The predicted octanol–water partition coefficient (Wildman–Crippen LogP) is 2.83. The number of carbonyl (C=O) groups excluding carboxylic acids is 1. The van der Waals surface area contributed by atoms with Crippen LogP contribution in [0, 0.1) is 0 Å². The van der Waals surface area contributed by atoms with Gasteiger partial charge in [0.05, 0.1) is 39.4 Å². The number of nitrogens with zero attached hydrogens (tertiary/aromatic N) is 1. The van der Waals surface area contributed by atoms with Crippen molar-refractivity contribution in [3.8, 4) is 11.5 Å². The Morgan fingerprint density at radius 1 is 1.07 bits per heavy atom. The van der Waals surface area contributed by atoms with Gasteiger partial charge in [0, 0.05) is 19.6 Å². The molecule has 1 aliphatic heterocycles. The maximum atomic E-state index is 12.5. The van der Waals surface area contributed by atoms with Gasteiger partial charge in [0.1, 0.15) is 11.5 Å². The first-order chi connectivity index (χ1) is 14.2. The highest BCUT2D eigenvalue weighted by molar-refractivity contribution is 5.78. The van der Waals surface area contributed by atoms with Crippen LogP contribution in [0.3, 0.4) is 0 Å². The zero-order valence-electron chi connectivity index (χ0n) is 17.2. The monoisotopic (exact) mass is 398 g/mol. The summed E-state index contributed by atoms with van der Waals surface area (Å²) in [5.74, 6) is 1.66. The van der Waals surface area contributed by atoms with Crippen molar-refractivity contribution in [2.45, 2.75) is 19.4 Å². The molecule has 1 atom stereocenters. The number of amides is 1. The molecule has 29 heavy (non-hydrogen) atoms. The number of morpholine rings is 1. The normalized spacial score (nSPS) is 15.5. The van der Waals surface area contributed by atoms with Crippen LogP contribution in [0.1, 0.15) is 24.1 Å². The lowest BCUT2D eigenvalue weighted by molar-refractivity contribution is -0.120. The van der Waals surface area contributed by atoms with Crippen molar-refractivity contribution in [1.82, 2.24) is 10.2 Å². The lowest BCUT2D eigenvalue weighted by Gasteiger charge is -2.35. The van der Waals surface area contributed by atoms with E-state index in [0.29, 0.717) is 32.8 Å². The third-order valence-electron chi connectivity index (χ3n) is 5.08. The van der Waals surface area contributed by atoms with E-state index in [1.54, 1.807) is 7.11 Å². The molecule has 1 fully saturated rings. The van der Waals surface area contributed by atoms with Crippen molar-refractivity contribution >= 4 is 5.91 Å². The fraction of sp³-hybridized carbons (Fsp3) is 0.435. The Morgan fingerprint density at radius 2 is 1.72 bits per heavy atom. The molecule has 1 N–H and O–H groups in total. The van der Waals surface area contributed by atoms with Crippen LogP contribution in [0.2, 0.25) is 0 Å². The summed E-state index contributed by atoms with van der Waals surface area (Å²) in [5.41, 5.74) is 2.13. The van der Waals surface area contributed by atoms with E-state index < -0.39 is 0 Å². The maximum Gasteiger partial charge on any atom is 0.224 e. The molecule has 0 aromatic heterocycles. The molecule has 1 unspecified atom stereocenters. The number of hydrogen-bond donors (Lipinski definition) is 1. The molecule has 2 aromatic carbocycles. The predicted molar refractivity (Wildman–Crippen MR) is 112 cm³/mol. The van der Waals surface area contributed by atoms with Crippen LogP contribution in [0.4, 0.5) is 0 Å². The van der Waals surface area contributed by atoms with E-state index in [-0.39, 0.29) is 11.9 Å². The molecule has 0 aliphatic carbocycles. The Hall–Kier alpha value is -2.57. The Labute approximate surface area is 172 Å². The smallest absolute Gasteiger partial charge is 0.224 e. The molecular formula is C23H30N2O4. The Kier molecular flexibility index (Phi) is 7.90. The van der Waals surface area contributed by atoms with Gasteiger partial charge in [-0.25, -0.2) is 0 Å². The van der Waals surface area contributed by atoms with Crippen LogP contribution >= 0.6 is 0 Å². The quantitative estimate of drug-likeness (QED) is 0.704. The van der Waals surface area contributed by atoms with Crippen LogP contribution in [0.5, 0.6) is 11.5 Å². The number of methoxy groups -OCH3 is 1. The Morgan fingerprint density at radius 3 is 2.34 bits per heavy atom. The lowest BCUT2D eigenvalue weighted by Crippen LogP contribution is -2.44. The molecule has 6 heteroatoms.